The van der Waals surface area contributed by atoms with Gasteiger partial charge in [-0.1, -0.05) is 38.1 Å². The molecule has 8 heteroatoms. The van der Waals surface area contributed by atoms with Gasteiger partial charge in [-0.3, -0.25) is 9.59 Å². The number of β-amino-alcohol motifs (C(OH)–C–C–N with tert-alkyl or cyclic N) is 1. The van der Waals surface area contributed by atoms with Crippen molar-refractivity contribution in [2.45, 2.75) is 58.8 Å². The van der Waals surface area contributed by atoms with Gasteiger partial charge in [0.15, 0.2) is 0 Å². The van der Waals surface area contributed by atoms with Crippen molar-refractivity contribution in [3.05, 3.63) is 41.0 Å². The van der Waals surface area contributed by atoms with E-state index in [9.17, 15) is 14.7 Å². The van der Waals surface area contributed by atoms with Crippen LogP contribution >= 0.6 is 11.3 Å². The van der Waals surface area contributed by atoms with Gasteiger partial charge in [-0.05, 0) is 37.3 Å². The highest BCUT2D eigenvalue weighted by atomic mass is 32.1. The maximum absolute atomic E-state index is 11.8. The van der Waals surface area contributed by atoms with E-state index in [1.807, 2.05) is 45.3 Å². The summed E-state index contributed by atoms with van der Waals surface area (Å²) in [5, 5.41) is 12.0. The van der Waals surface area contributed by atoms with Crippen LogP contribution in [0.5, 0.6) is 0 Å². The molecule has 2 amide bonds. The first kappa shape index (κ1) is 24.0. The van der Waals surface area contributed by atoms with Crippen molar-refractivity contribution in [3.8, 4) is 10.4 Å². The van der Waals surface area contributed by atoms with Gasteiger partial charge in [0.05, 0.1) is 28.2 Å². The number of hydrogen-bond acceptors (Lipinski definition) is 6. The number of thiazole rings is 1. The average molecular weight is 433 g/mol. The van der Waals surface area contributed by atoms with Gasteiger partial charge in [-0.15, -0.1) is 11.3 Å². The lowest BCUT2D eigenvalue weighted by molar-refractivity contribution is -0.134. The van der Waals surface area contributed by atoms with E-state index < -0.39 is 6.04 Å². The highest BCUT2D eigenvalue weighted by Crippen LogP contribution is 2.27. The Hall–Kier alpha value is -2.29. The highest BCUT2D eigenvalue weighted by molar-refractivity contribution is 7.13. The molecule has 3 unspecified atom stereocenters. The number of likely N-dealkylation sites (tertiary alicyclic amines) is 1. The summed E-state index contributed by atoms with van der Waals surface area (Å²) >= 11 is 1.64. The number of carbonyl (C=O) groups excluding carboxylic acids is 2. The summed E-state index contributed by atoms with van der Waals surface area (Å²) in [6, 6.07) is 7.82. The Morgan fingerprint density at radius 3 is 2.53 bits per heavy atom. The predicted octanol–water partition coefficient (Wildman–Crippen LogP) is 2.32. The van der Waals surface area contributed by atoms with Crippen molar-refractivity contribution >= 4 is 23.7 Å². The van der Waals surface area contributed by atoms with E-state index in [1.54, 1.807) is 16.2 Å². The minimum absolute atomic E-state index is 0.0379. The number of nitrogens with one attached hydrogen (secondary N) is 1. The summed E-state index contributed by atoms with van der Waals surface area (Å²) in [5.74, 6) is 0.108. The van der Waals surface area contributed by atoms with Crippen LogP contribution in [0.2, 0.25) is 0 Å². The molecule has 0 saturated carbocycles. The van der Waals surface area contributed by atoms with Crippen molar-refractivity contribution in [1.82, 2.24) is 15.2 Å². The Morgan fingerprint density at radius 1 is 1.40 bits per heavy atom. The first-order valence-electron chi connectivity index (χ1n) is 10.1. The third kappa shape index (κ3) is 6.35. The summed E-state index contributed by atoms with van der Waals surface area (Å²) < 4.78 is 0. The van der Waals surface area contributed by atoms with Crippen molar-refractivity contribution in [2.75, 3.05) is 6.54 Å². The molecule has 1 aliphatic heterocycles. The fourth-order valence-electron chi connectivity index (χ4n) is 3.30. The zero-order chi connectivity index (χ0) is 22.3. The first-order chi connectivity index (χ1) is 14.2. The van der Waals surface area contributed by atoms with E-state index in [2.05, 4.69) is 22.4 Å². The molecule has 1 aromatic heterocycles. The first-order valence-corrected chi connectivity index (χ1v) is 11.0. The number of aliphatic hydroxyl groups is 1. The molecule has 7 nitrogen and oxygen atoms in total. The number of aryl methyl sites for hydroxylation is 1. The lowest BCUT2D eigenvalue weighted by Crippen LogP contribution is -2.48. The van der Waals surface area contributed by atoms with Crippen LogP contribution in [-0.2, 0) is 16.1 Å². The Bertz CT molecular complexity index is 822. The molecule has 2 heterocycles. The summed E-state index contributed by atoms with van der Waals surface area (Å²) in [6.45, 7) is 8.82. The van der Waals surface area contributed by atoms with E-state index >= 15 is 0 Å². The van der Waals surface area contributed by atoms with Crippen LogP contribution in [0.1, 0.15) is 38.4 Å². The minimum atomic E-state index is -0.442. The molecule has 1 saturated heterocycles. The van der Waals surface area contributed by atoms with Gasteiger partial charge < -0.3 is 21.1 Å². The second-order valence-corrected chi connectivity index (χ2v) is 8.82. The van der Waals surface area contributed by atoms with Gasteiger partial charge in [0.25, 0.3) is 0 Å². The number of nitrogens with two attached hydrogens (primary N) is 1. The van der Waals surface area contributed by atoms with Gasteiger partial charge in [0.2, 0.25) is 12.3 Å². The normalized spacial score (nSPS) is 19.2. The quantitative estimate of drug-likeness (QED) is 0.607. The highest BCUT2D eigenvalue weighted by Gasteiger charge is 2.34. The molecule has 0 bridgehead atoms. The van der Waals surface area contributed by atoms with E-state index in [1.165, 1.54) is 10.4 Å². The standard InChI is InChI=1S/C12H12N2OS.C10H20N2O2/c1-9-12(16-8-14-9)11-4-2-10(3-5-11)6-13-7-15;1-6(2)9(11)10(14)12-5-8(13)4-7(12)3/h2-5,7-8H,6H2,1H3,(H,13,15);6-9,13H,4-5,11H2,1-3H3. The van der Waals surface area contributed by atoms with Crippen LogP contribution < -0.4 is 11.1 Å². The Morgan fingerprint density at radius 2 is 2.07 bits per heavy atom. The number of hydrogen-bond donors (Lipinski definition) is 3. The Kier molecular flexibility index (Phi) is 8.95. The monoisotopic (exact) mass is 432 g/mol. The number of nitrogens with zero attached hydrogens (tertiary/aromatic N) is 2. The molecule has 30 heavy (non-hydrogen) atoms. The van der Waals surface area contributed by atoms with Crippen molar-refractivity contribution < 1.29 is 14.7 Å². The molecular formula is C22H32N4O3S. The van der Waals surface area contributed by atoms with Gasteiger partial charge in [0.1, 0.15) is 0 Å². The van der Waals surface area contributed by atoms with Crippen LogP contribution in [-0.4, -0.2) is 52.0 Å². The lowest BCUT2D eigenvalue weighted by Gasteiger charge is -2.26. The molecule has 164 valence electrons. The summed E-state index contributed by atoms with van der Waals surface area (Å²) in [7, 11) is 0. The van der Waals surface area contributed by atoms with Gasteiger partial charge >= 0.3 is 0 Å². The number of carbonyl (C=O) groups is 2. The largest absolute Gasteiger partial charge is 0.391 e. The molecule has 0 radical (unpaired) electrons. The minimum Gasteiger partial charge on any atom is -0.391 e. The van der Waals surface area contributed by atoms with Gasteiger partial charge in [-0.25, -0.2) is 4.98 Å². The molecule has 2 aromatic rings. The van der Waals surface area contributed by atoms with Gasteiger partial charge in [-0.2, -0.15) is 0 Å². The SMILES string of the molecule is CC(C)C(N)C(=O)N1CC(O)CC1C.Cc1ncsc1-c1ccc(CNC=O)cc1. The fraction of sp³-hybridized carbons (Fsp3) is 0.500. The molecule has 4 N–H and O–H groups in total. The van der Waals surface area contributed by atoms with Crippen molar-refractivity contribution in [1.29, 1.82) is 0 Å². The second-order valence-electron chi connectivity index (χ2n) is 7.96. The molecule has 1 aromatic carbocycles. The van der Waals surface area contributed by atoms with E-state index in [0.29, 0.717) is 25.9 Å². The van der Waals surface area contributed by atoms with Crippen molar-refractivity contribution in [2.24, 2.45) is 11.7 Å². The molecule has 0 spiro atoms. The zero-order valence-corrected chi connectivity index (χ0v) is 18.9. The Balaban J connectivity index is 0.000000216. The topological polar surface area (TPSA) is 109 Å². The number of benzene rings is 1. The summed E-state index contributed by atoms with van der Waals surface area (Å²) in [4.78, 5) is 29.1. The second kappa shape index (κ2) is 11.2. The van der Waals surface area contributed by atoms with Crippen LogP contribution in [0, 0.1) is 12.8 Å². The predicted molar refractivity (Wildman–Crippen MR) is 120 cm³/mol. The third-order valence-electron chi connectivity index (χ3n) is 5.19. The number of aromatic nitrogens is 1. The molecule has 1 aliphatic rings. The molecule has 3 rings (SSSR count). The smallest absolute Gasteiger partial charge is 0.240 e. The number of amides is 2. The third-order valence-corrected chi connectivity index (χ3v) is 6.17. The summed E-state index contributed by atoms with van der Waals surface area (Å²) in [6.07, 6.45) is 0.992. The summed E-state index contributed by atoms with van der Waals surface area (Å²) in [5.41, 5.74) is 11.0. The molecule has 0 aliphatic carbocycles. The number of rotatable bonds is 6. The van der Waals surface area contributed by atoms with Crippen molar-refractivity contribution in [3.63, 3.8) is 0 Å². The average Bonchev–Trinajstić information content (AvgIpc) is 3.30. The van der Waals surface area contributed by atoms with Gasteiger partial charge in [0, 0.05) is 19.1 Å². The fourth-order valence-corrected chi connectivity index (χ4v) is 4.11. The van der Waals surface area contributed by atoms with Crippen LogP contribution in [0.15, 0.2) is 29.8 Å². The zero-order valence-electron chi connectivity index (χ0n) is 18.0. The number of aliphatic hydroxyl groups excluding tert-OH is 1. The van der Waals surface area contributed by atoms with Crippen LogP contribution in [0.25, 0.3) is 10.4 Å². The molecule has 3 atom stereocenters. The maximum Gasteiger partial charge on any atom is 0.240 e. The van der Waals surface area contributed by atoms with E-state index in [4.69, 9.17) is 5.73 Å². The van der Waals surface area contributed by atoms with E-state index in [0.717, 1.165) is 11.3 Å². The van der Waals surface area contributed by atoms with Crippen LogP contribution in [0.4, 0.5) is 0 Å². The molecule has 1 fully saturated rings. The maximum atomic E-state index is 11.8. The lowest BCUT2D eigenvalue weighted by atomic mass is 10.0. The Labute approximate surface area is 182 Å². The van der Waals surface area contributed by atoms with E-state index in [-0.39, 0.29) is 24.0 Å². The van der Waals surface area contributed by atoms with Crippen LogP contribution in [0.3, 0.4) is 0 Å². The molecular weight excluding hydrogens is 400 g/mol.